The second-order valence-corrected chi connectivity index (χ2v) is 17.1. The van der Waals surface area contributed by atoms with Gasteiger partial charge < -0.3 is 15.3 Å². The molecule has 0 aliphatic carbocycles. The Morgan fingerprint density at radius 3 is 0.627 bits per heavy atom. The van der Waals surface area contributed by atoms with Crippen LogP contribution in [0.4, 0.5) is 0 Å². The van der Waals surface area contributed by atoms with E-state index in [1.807, 2.05) is 0 Å². The molecule has 0 aromatic heterocycles. The minimum absolute atomic E-state index is 0.216. The maximum absolute atomic E-state index is 11.2. The standard InChI is InChI=1S/C48H66O3/c1-25(2)37-16-34(17-38(26(3)4)46(37)49)22-43-31(13)44(23-35-18-39(27(5)6)47(50)40(19-35)28(7)8)33(15)45(32(43)14)24-36-20-41(29(9)10)48(51)42(21-36)30(11)12/h16-21,25-30,49-51H,22-24H2,1-15H3. The highest BCUT2D eigenvalue weighted by Crippen LogP contribution is 2.41. The molecule has 4 aromatic carbocycles. The van der Waals surface area contributed by atoms with E-state index in [0.29, 0.717) is 17.2 Å². The van der Waals surface area contributed by atoms with E-state index < -0.39 is 0 Å². The molecule has 4 rings (SSSR count). The molecule has 0 fully saturated rings. The van der Waals surface area contributed by atoms with Gasteiger partial charge in [-0.1, -0.05) is 119 Å². The van der Waals surface area contributed by atoms with E-state index in [1.54, 1.807) is 0 Å². The van der Waals surface area contributed by atoms with E-state index in [1.165, 1.54) is 50.1 Å². The monoisotopic (exact) mass is 691 g/mol. The third kappa shape index (κ3) is 8.34. The molecule has 0 bridgehead atoms. The lowest BCUT2D eigenvalue weighted by molar-refractivity contribution is 0.453. The molecule has 0 saturated heterocycles. The zero-order valence-corrected chi connectivity index (χ0v) is 34.4. The molecule has 0 amide bonds. The average Bonchev–Trinajstić information content (AvgIpc) is 3.04. The van der Waals surface area contributed by atoms with Gasteiger partial charge in [-0.2, -0.15) is 0 Å². The number of aromatic hydroxyl groups is 3. The maximum Gasteiger partial charge on any atom is 0.122 e. The SMILES string of the molecule is Cc1c(Cc2cc(C(C)C)c(O)c(C(C)C)c2)c(C)c(Cc2cc(C(C)C)c(O)c(C(C)C)c2)c(C)c1Cc1cc(C(C)C)c(O)c(C(C)C)c1. The van der Waals surface area contributed by atoms with Gasteiger partial charge in [0.05, 0.1) is 0 Å². The Labute approximate surface area is 310 Å². The second kappa shape index (κ2) is 15.9. The lowest BCUT2D eigenvalue weighted by Crippen LogP contribution is -2.11. The van der Waals surface area contributed by atoms with Crippen LogP contribution in [0.25, 0.3) is 0 Å². The zero-order valence-electron chi connectivity index (χ0n) is 34.4. The highest BCUT2D eigenvalue weighted by atomic mass is 16.3. The van der Waals surface area contributed by atoms with Gasteiger partial charge >= 0.3 is 0 Å². The molecule has 0 saturated carbocycles. The summed E-state index contributed by atoms with van der Waals surface area (Å²) in [6, 6.07) is 13.3. The van der Waals surface area contributed by atoms with Crippen molar-refractivity contribution in [1.82, 2.24) is 0 Å². The van der Waals surface area contributed by atoms with Crippen LogP contribution in [-0.2, 0) is 19.3 Å². The van der Waals surface area contributed by atoms with Crippen molar-refractivity contribution in [2.24, 2.45) is 0 Å². The Morgan fingerprint density at radius 1 is 0.333 bits per heavy atom. The maximum atomic E-state index is 11.2. The van der Waals surface area contributed by atoms with E-state index in [0.717, 1.165) is 52.6 Å². The molecule has 4 aromatic rings. The quantitative estimate of drug-likeness (QED) is 0.139. The van der Waals surface area contributed by atoms with E-state index in [-0.39, 0.29) is 35.5 Å². The first kappa shape index (κ1) is 40.1. The molecule has 51 heavy (non-hydrogen) atoms. The van der Waals surface area contributed by atoms with Gasteiger partial charge in [-0.25, -0.2) is 0 Å². The first-order valence-electron chi connectivity index (χ1n) is 19.4. The molecule has 0 spiro atoms. The zero-order chi connectivity index (χ0) is 38.2. The van der Waals surface area contributed by atoms with Crippen LogP contribution in [0.2, 0.25) is 0 Å². The number of rotatable bonds is 12. The topological polar surface area (TPSA) is 60.7 Å². The summed E-state index contributed by atoms with van der Waals surface area (Å²) < 4.78 is 0. The van der Waals surface area contributed by atoms with Crippen molar-refractivity contribution in [3.63, 3.8) is 0 Å². The number of hydrogen-bond acceptors (Lipinski definition) is 3. The third-order valence-electron chi connectivity index (χ3n) is 11.3. The van der Waals surface area contributed by atoms with Gasteiger partial charge in [0, 0.05) is 0 Å². The minimum Gasteiger partial charge on any atom is -0.507 e. The predicted octanol–water partition coefficient (Wildman–Crippen LogP) is 13.2. The van der Waals surface area contributed by atoms with Gasteiger partial charge in [0.2, 0.25) is 0 Å². The molecular weight excluding hydrogens is 625 g/mol. The molecule has 3 heteroatoms. The van der Waals surface area contributed by atoms with E-state index >= 15 is 0 Å². The van der Waals surface area contributed by atoms with Crippen molar-refractivity contribution in [3.05, 3.63) is 120 Å². The number of phenolic OH excluding ortho intramolecular Hbond substituents is 3. The first-order valence-corrected chi connectivity index (χ1v) is 19.4. The smallest absolute Gasteiger partial charge is 0.122 e. The number of hydrogen-bond donors (Lipinski definition) is 3. The first-order chi connectivity index (χ1) is 23.7. The van der Waals surface area contributed by atoms with Crippen LogP contribution in [0.5, 0.6) is 17.2 Å². The van der Waals surface area contributed by atoms with Gasteiger partial charge in [0.1, 0.15) is 17.2 Å². The largest absolute Gasteiger partial charge is 0.507 e. The minimum atomic E-state index is 0.216. The molecule has 3 nitrogen and oxygen atoms in total. The molecule has 0 aliphatic rings. The Kier molecular flexibility index (Phi) is 12.5. The molecule has 276 valence electrons. The van der Waals surface area contributed by atoms with Gasteiger partial charge in [-0.05, 0) is 159 Å². The highest BCUT2D eigenvalue weighted by Gasteiger charge is 2.23. The van der Waals surface area contributed by atoms with E-state index in [4.69, 9.17) is 0 Å². The van der Waals surface area contributed by atoms with E-state index in [2.05, 4.69) is 140 Å². The molecule has 0 aliphatic heterocycles. The molecule has 3 N–H and O–H groups in total. The second-order valence-electron chi connectivity index (χ2n) is 17.1. The van der Waals surface area contributed by atoms with Crippen molar-refractivity contribution in [2.75, 3.05) is 0 Å². The average molecular weight is 691 g/mol. The van der Waals surface area contributed by atoms with Crippen LogP contribution in [0.1, 0.15) is 202 Å². The van der Waals surface area contributed by atoms with Crippen molar-refractivity contribution in [2.45, 2.75) is 159 Å². The Bertz CT molecular complexity index is 1560. The van der Waals surface area contributed by atoms with Crippen LogP contribution < -0.4 is 0 Å². The van der Waals surface area contributed by atoms with Crippen molar-refractivity contribution >= 4 is 0 Å². The highest BCUT2D eigenvalue weighted by molar-refractivity contribution is 5.58. The summed E-state index contributed by atoms with van der Waals surface area (Å²) in [7, 11) is 0. The van der Waals surface area contributed by atoms with Crippen LogP contribution in [0.3, 0.4) is 0 Å². The molecule has 0 atom stereocenters. The van der Waals surface area contributed by atoms with Crippen LogP contribution in [0.15, 0.2) is 36.4 Å². The summed E-state index contributed by atoms with van der Waals surface area (Å²) in [4.78, 5) is 0. The van der Waals surface area contributed by atoms with Crippen molar-refractivity contribution in [3.8, 4) is 17.2 Å². The number of benzene rings is 4. The summed E-state index contributed by atoms with van der Waals surface area (Å²) in [6.07, 6.45) is 2.35. The molecule has 0 radical (unpaired) electrons. The van der Waals surface area contributed by atoms with Crippen LogP contribution in [-0.4, -0.2) is 15.3 Å². The summed E-state index contributed by atoms with van der Waals surface area (Å²) >= 11 is 0. The lowest BCUT2D eigenvalue weighted by Gasteiger charge is -2.25. The van der Waals surface area contributed by atoms with E-state index in [9.17, 15) is 15.3 Å². The fourth-order valence-electron chi connectivity index (χ4n) is 7.98. The molecule has 0 unspecified atom stereocenters. The lowest BCUT2D eigenvalue weighted by atomic mass is 9.80. The fourth-order valence-corrected chi connectivity index (χ4v) is 7.98. The Hall–Kier alpha value is -3.72. The van der Waals surface area contributed by atoms with Gasteiger partial charge in [-0.3, -0.25) is 0 Å². The number of phenols is 3. The summed E-state index contributed by atoms with van der Waals surface area (Å²) in [5.74, 6) is 2.60. The third-order valence-corrected chi connectivity index (χ3v) is 11.3. The Morgan fingerprint density at radius 2 is 0.490 bits per heavy atom. The summed E-state index contributed by atoms with van der Waals surface area (Å²) in [5.41, 5.74) is 17.8. The Balaban J connectivity index is 2.01. The van der Waals surface area contributed by atoms with Gasteiger partial charge in [0.25, 0.3) is 0 Å². The van der Waals surface area contributed by atoms with Gasteiger partial charge in [-0.15, -0.1) is 0 Å². The van der Waals surface area contributed by atoms with Crippen molar-refractivity contribution < 1.29 is 15.3 Å². The fraction of sp³-hybridized carbons (Fsp3) is 0.500. The van der Waals surface area contributed by atoms with Crippen LogP contribution >= 0.6 is 0 Å². The molecule has 0 heterocycles. The van der Waals surface area contributed by atoms with Crippen LogP contribution in [0, 0.1) is 20.8 Å². The predicted molar refractivity (Wildman–Crippen MR) is 218 cm³/mol. The summed E-state index contributed by atoms with van der Waals surface area (Å²) in [5, 5.41) is 33.7. The normalized spacial score (nSPS) is 12.2. The molecular formula is C48H66O3. The van der Waals surface area contributed by atoms with Crippen molar-refractivity contribution in [1.29, 1.82) is 0 Å². The summed E-state index contributed by atoms with van der Waals surface area (Å²) in [6.45, 7) is 32.8. The van der Waals surface area contributed by atoms with Gasteiger partial charge in [0.15, 0.2) is 0 Å².